The van der Waals surface area contributed by atoms with Gasteiger partial charge in [0.1, 0.15) is 18.5 Å². The van der Waals surface area contributed by atoms with E-state index in [2.05, 4.69) is 35.3 Å². The van der Waals surface area contributed by atoms with Crippen LogP contribution in [0, 0.1) is 0 Å². The summed E-state index contributed by atoms with van der Waals surface area (Å²) >= 11 is 0. The lowest BCUT2D eigenvalue weighted by Crippen LogP contribution is -2.54. The van der Waals surface area contributed by atoms with Crippen LogP contribution in [0.1, 0.15) is 26.7 Å². The number of nitrogens with two attached hydrogens (primary N) is 2. The molecular formula is C27H50F3N5O6. The van der Waals surface area contributed by atoms with E-state index in [4.69, 9.17) is 35.2 Å². The van der Waals surface area contributed by atoms with Gasteiger partial charge < -0.3 is 45.2 Å². The third kappa shape index (κ3) is 17.1. The highest BCUT2D eigenvalue weighted by Gasteiger charge is 2.35. The van der Waals surface area contributed by atoms with Gasteiger partial charge in [-0.05, 0) is 26.8 Å². The number of nitrogens with zero attached hydrogens (tertiary/aromatic N) is 3. The maximum absolute atomic E-state index is 12.5. The van der Waals surface area contributed by atoms with Gasteiger partial charge in [0.2, 0.25) is 5.90 Å². The van der Waals surface area contributed by atoms with E-state index in [0.717, 1.165) is 65.2 Å². The molecule has 2 aliphatic heterocycles. The van der Waals surface area contributed by atoms with Gasteiger partial charge in [0.05, 0.1) is 38.6 Å². The minimum atomic E-state index is -4.46. The van der Waals surface area contributed by atoms with Gasteiger partial charge in [-0.2, -0.15) is 18.2 Å². The Bertz CT molecular complexity index is 779. The molecule has 2 fully saturated rings. The van der Waals surface area contributed by atoms with E-state index in [0.29, 0.717) is 33.0 Å². The smallest absolute Gasteiger partial charge is 0.412 e. The lowest BCUT2D eigenvalue weighted by molar-refractivity contribution is -0.160. The van der Waals surface area contributed by atoms with Gasteiger partial charge in [-0.3, -0.25) is 4.90 Å². The molecule has 0 aromatic heterocycles. The number of ether oxygens (including phenoxy) is 5. The van der Waals surface area contributed by atoms with Crippen molar-refractivity contribution in [1.82, 2.24) is 9.80 Å². The molecular weight excluding hydrogens is 547 g/mol. The normalized spacial score (nSPS) is 23.2. The Balaban J connectivity index is 0.000000413. The summed E-state index contributed by atoms with van der Waals surface area (Å²) in [6.45, 7) is 14.6. The van der Waals surface area contributed by atoms with Gasteiger partial charge in [-0.25, -0.2) is 0 Å². The zero-order valence-corrected chi connectivity index (χ0v) is 24.7. The molecule has 0 saturated carbocycles. The highest BCUT2D eigenvalue weighted by atomic mass is 19.4. The molecule has 41 heavy (non-hydrogen) atoms. The number of aliphatic hydroxyl groups is 1. The zero-order chi connectivity index (χ0) is 30.7. The molecule has 14 heteroatoms. The van der Waals surface area contributed by atoms with Crippen molar-refractivity contribution >= 4 is 5.90 Å². The number of aliphatic imine (C=N–C) groups is 1. The Morgan fingerprint density at radius 3 is 2.32 bits per heavy atom. The van der Waals surface area contributed by atoms with Crippen LogP contribution in [0.4, 0.5) is 13.2 Å². The van der Waals surface area contributed by atoms with Crippen molar-refractivity contribution in [3.8, 4) is 0 Å². The van der Waals surface area contributed by atoms with Crippen LogP contribution in [0.2, 0.25) is 0 Å². The van der Waals surface area contributed by atoms with Gasteiger partial charge in [0.15, 0.2) is 0 Å². The van der Waals surface area contributed by atoms with E-state index in [1.165, 1.54) is 0 Å². The highest BCUT2D eigenvalue weighted by molar-refractivity contribution is 5.89. The molecule has 0 spiro atoms. The fourth-order valence-corrected chi connectivity index (χ4v) is 3.87. The van der Waals surface area contributed by atoms with E-state index in [-0.39, 0.29) is 37.1 Å². The van der Waals surface area contributed by atoms with Gasteiger partial charge in [-0.1, -0.05) is 13.5 Å². The number of hydrogen-bond donors (Lipinski definition) is 3. The molecule has 2 heterocycles. The first kappa shape index (κ1) is 37.2. The van der Waals surface area contributed by atoms with E-state index in [9.17, 15) is 18.3 Å². The van der Waals surface area contributed by atoms with Crippen LogP contribution in [0.15, 0.2) is 29.0 Å². The van der Waals surface area contributed by atoms with Crippen LogP contribution in [-0.2, 0) is 23.7 Å². The second kappa shape index (κ2) is 21.0. The minimum absolute atomic E-state index is 0.0185. The van der Waals surface area contributed by atoms with Crippen molar-refractivity contribution in [2.45, 2.75) is 51.2 Å². The van der Waals surface area contributed by atoms with Gasteiger partial charge in [0, 0.05) is 64.1 Å². The number of piperazine rings is 1. The quantitative estimate of drug-likeness (QED) is 0.145. The van der Waals surface area contributed by atoms with Gasteiger partial charge in [0.25, 0.3) is 0 Å². The Morgan fingerprint density at radius 1 is 1.10 bits per heavy atom. The Morgan fingerprint density at radius 2 is 1.73 bits per heavy atom. The van der Waals surface area contributed by atoms with Crippen molar-refractivity contribution in [3.05, 3.63) is 24.0 Å². The molecule has 0 aromatic carbocycles. The Kier molecular flexibility index (Phi) is 19.1. The molecule has 3 atom stereocenters. The van der Waals surface area contributed by atoms with Gasteiger partial charge in [-0.15, -0.1) is 0 Å². The summed E-state index contributed by atoms with van der Waals surface area (Å²) in [5.41, 5.74) is 9.62. The third-order valence-corrected chi connectivity index (χ3v) is 6.22. The first-order valence-electron chi connectivity index (χ1n) is 14.1. The molecule has 11 nitrogen and oxygen atoms in total. The monoisotopic (exact) mass is 597 g/mol. The summed E-state index contributed by atoms with van der Waals surface area (Å²) < 4.78 is 64.2. The number of rotatable bonds is 15. The molecule has 2 saturated heterocycles. The SMILES string of the molecule is C=C(N)/N=C(\C=C(/C)C(F)(F)F)OCCOCCOCCN.CCCOC1CCOC(CN2CCN(C)CC2)C1O. The minimum Gasteiger partial charge on any atom is -0.475 e. The van der Waals surface area contributed by atoms with E-state index < -0.39 is 17.9 Å². The molecule has 240 valence electrons. The molecule has 0 radical (unpaired) electrons. The van der Waals surface area contributed by atoms with Gasteiger partial charge >= 0.3 is 6.18 Å². The van der Waals surface area contributed by atoms with Crippen LogP contribution in [0.5, 0.6) is 0 Å². The first-order valence-corrected chi connectivity index (χ1v) is 14.1. The molecule has 0 aliphatic carbocycles. The number of likely N-dealkylation sites (N-methyl/N-ethyl adjacent to an activating group) is 1. The molecule has 0 amide bonds. The molecule has 3 unspecified atom stereocenters. The summed E-state index contributed by atoms with van der Waals surface area (Å²) in [7, 11) is 2.15. The topological polar surface area (TPSA) is 137 Å². The van der Waals surface area contributed by atoms with Crippen molar-refractivity contribution < 1.29 is 42.0 Å². The van der Waals surface area contributed by atoms with Crippen molar-refractivity contribution in [3.63, 3.8) is 0 Å². The number of alkyl halides is 3. The fraction of sp³-hybridized carbons (Fsp3) is 0.815. The van der Waals surface area contributed by atoms with Crippen molar-refractivity contribution in [1.29, 1.82) is 0 Å². The summed E-state index contributed by atoms with van der Waals surface area (Å²) in [5.74, 6) is -0.428. The summed E-state index contributed by atoms with van der Waals surface area (Å²) in [4.78, 5) is 8.32. The van der Waals surface area contributed by atoms with E-state index in [1.54, 1.807) is 0 Å². The largest absolute Gasteiger partial charge is 0.475 e. The average Bonchev–Trinajstić information content (AvgIpc) is 2.91. The predicted octanol–water partition coefficient (Wildman–Crippen LogP) is 1.51. The maximum Gasteiger partial charge on any atom is 0.412 e. The molecule has 5 N–H and O–H groups in total. The lowest BCUT2D eigenvalue weighted by Gasteiger charge is -2.39. The van der Waals surface area contributed by atoms with E-state index in [1.807, 2.05) is 0 Å². The number of halogens is 3. The fourth-order valence-electron chi connectivity index (χ4n) is 3.87. The molecule has 2 aliphatic rings. The van der Waals surface area contributed by atoms with Crippen LogP contribution in [0.25, 0.3) is 0 Å². The third-order valence-electron chi connectivity index (χ3n) is 6.22. The highest BCUT2D eigenvalue weighted by Crippen LogP contribution is 2.25. The summed E-state index contributed by atoms with van der Waals surface area (Å²) in [5, 5.41) is 10.4. The zero-order valence-electron chi connectivity index (χ0n) is 24.7. The molecule has 0 aromatic rings. The van der Waals surface area contributed by atoms with Crippen molar-refractivity contribution in [2.24, 2.45) is 16.5 Å². The first-order chi connectivity index (χ1) is 19.5. The summed E-state index contributed by atoms with van der Waals surface area (Å²) in [6.07, 6.45) is -2.54. The Labute approximate surface area is 242 Å². The average molecular weight is 598 g/mol. The number of hydrogen-bond acceptors (Lipinski definition) is 11. The number of allylic oxidation sites excluding steroid dienone is 1. The van der Waals surface area contributed by atoms with Crippen molar-refractivity contribution in [2.75, 3.05) is 92.6 Å². The van der Waals surface area contributed by atoms with Crippen LogP contribution in [0.3, 0.4) is 0 Å². The Hall–Kier alpha value is -1.78. The lowest BCUT2D eigenvalue weighted by atomic mass is 10.0. The van der Waals surface area contributed by atoms with Crippen LogP contribution < -0.4 is 11.5 Å². The second-order valence-electron chi connectivity index (χ2n) is 9.83. The van der Waals surface area contributed by atoms with Crippen LogP contribution in [-0.4, -0.2) is 138 Å². The molecule has 0 bridgehead atoms. The predicted molar refractivity (Wildman–Crippen MR) is 152 cm³/mol. The standard InChI is InChI=1S/C14H28N2O3.C13H22F3N3O3/c1-3-9-18-12-4-10-19-13(14(12)17)11-16-7-5-15(2)6-8-16;1-10(13(14,15)16)9-12(19-11(2)18)22-8-7-21-6-5-20-4-3-17/h12-14,17H,3-11H2,1-2H3;9H,2-8,17-18H2,1H3/b;10-9+,19-12+. The summed E-state index contributed by atoms with van der Waals surface area (Å²) in [6, 6.07) is 0. The van der Waals surface area contributed by atoms with Crippen LogP contribution >= 0.6 is 0 Å². The molecule has 2 rings (SSSR count). The second-order valence-corrected chi connectivity index (χ2v) is 9.83. The number of aliphatic hydroxyl groups excluding tert-OH is 1. The maximum atomic E-state index is 12.5. The van der Waals surface area contributed by atoms with E-state index >= 15 is 0 Å².